The predicted octanol–water partition coefficient (Wildman–Crippen LogP) is -6.09. The Labute approximate surface area is 200 Å². The van der Waals surface area contributed by atoms with Gasteiger partial charge in [-0.05, 0) is 0 Å². The first-order chi connectivity index (χ1) is 16.7. The van der Waals surface area contributed by atoms with Crippen LogP contribution in [0.15, 0.2) is 21.9 Å². The van der Waals surface area contributed by atoms with E-state index in [2.05, 4.69) is 13.4 Å². The Hall–Kier alpha value is -1.38. The smallest absolute Gasteiger partial charge is 0.330 e. The summed E-state index contributed by atoms with van der Waals surface area (Å²) in [5.74, 6) is 0. The molecule has 11 atom stereocenters. The molecule has 36 heavy (non-hydrogen) atoms. The summed E-state index contributed by atoms with van der Waals surface area (Å²) in [7, 11) is -11.6. The number of ether oxygens (including phenoxy) is 2. The number of phosphoric acid groups is 2. The van der Waals surface area contributed by atoms with E-state index in [-0.39, 0.29) is 0 Å². The molecule has 2 fully saturated rings. The van der Waals surface area contributed by atoms with Crippen molar-refractivity contribution in [2.45, 2.75) is 55.2 Å². The van der Waals surface area contributed by atoms with Gasteiger partial charge in [0, 0.05) is 12.3 Å². The van der Waals surface area contributed by atoms with Crippen LogP contribution in [0.3, 0.4) is 0 Å². The van der Waals surface area contributed by atoms with Gasteiger partial charge in [-0.15, -0.1) is 0 Å². The molecule has 0 aliphatic carbocycles. The average molecular weight is 563 g/mol. The molecule has 0 amide bonds. The molecule has 8 N–H and O–H groups in total. The summed E-state index contributed by atoms with van der Waals surface area (Å²) in [5.41, 5.74) is 3.74. The van der Waals surface area contributed by atoms with Crippen molar-refractivity contribution in [1.82, 2.24) is 9.55 Å². The number of aromatic nitrogens is 2. The van der Waals surface area contributed by atoms with Crippen LogP contribution in [0.25, 0.3) is 0 Å². The first-order valence-electron chi connectivity index (χ1n) is 10.0. The van der Waals surface area contributed by atoms with Crippen LogP contribution < -0.4 is 26.8 Å². The van der Waals surface area contributed by atoms with E-state index < -0.39 is 95.3 Å². The molecule has 0 bridgehead atoms. The molecule has 2 saturated heterocycles. The van der Waals surface area contributed by atoms with Crippen LogP contribution in [-0.4, -0.2) is 97.3 Å². The maximum Gasteiger partial charge on any atom is 0.330 e. The average Bonchev–Trinajstić information content (AvgIpc) is 3.06. The van der Waals surface area contributed by atoms with Crippen molar-refractivity contribution in [2.24, 2.45) is 5.73 Å². The Kier molecular flexibility index (Phi) is 9.05. The van der Waals surface area contributed by atoms with E-state index in [1.807, 2.05) is 4.98 Å². The molecular weight excluding hydrogens is 540 g/mol. The minimum atomic E-state index is -5.82. The predicted molar refractivity (Wildman–Crippen MR) is 106 cm³/mol. The molecular formula is C15H23N3O16P2-2. The van der Waals surface area contributed by atoms with Gasteiger partial charge in [0.2, 0.25) is 0 Å². The van der Waals surface area contributed by atoms with Gasteiger partial charge in [-0.25, -0.2) is 9.11 Å². The van der Waals surface area contributed by atoms with E-state index in [4.69, 9.17) is 20.3 Å². The summed E-state index contributed by atoms with van der Waals surface area (Å²) in [6, 6.07) is -0.777. The molecule has 1 aromatic heterocycles. The molecule has 0 radical (unpaired) electrons. The molecule has 2 aliphatic heterocycles. The maximum atomic E-state index is 12.1. The van der Waals surface area contributed by atoms with Crippen molar-refractivity contribution in [3.63, 3.8) is 0 Å². The van der Waals surface area contributed by atoms with E-state index in [9.17, 15) is 48.9 Å². The van der Waals surface area contributed by atoms with Crippen LogP contribution in [0, 0.1) is 0 Å². The normalized spacial score (nSPS) is 38.4. The molecule has 1 aromatic rings. The summed E-state index contributed by atoms with van der Waals surface area (Å²) in [5, 5.41) is 48.9. The third-order valence-electron chi connectivity index (χ3n) is 5.22. The number of nitrogens with zero attached hydrogens (tertiary/aromatic N) is 1. The van der Waals surface area contributed by atoms with Crippen LogP contribution in [0.1, 0.15) is 6.23 Å². The minimum absolute atomic E-state index is 0.709. The number of nitrogens with two attached hydrogens (primary N) is 1. The number of phosphoric ester groups is 2. The fourth-order valence-electron chi connectivity index (χ4n) is 3.38. The van der Waals surface area contributed by atoms with Gasteiger partial charge in [0.05, 0.1) is 19.3 Å². The minimum Gasteiger partial charge on any atom is -0.756 e. The lowest BCUT2D eigenvalue weighted by molar-refractivity contribution is -0.282. The number of aliphatic hydroxyl groups excluding tert-OH is 5. The van der Waals surface area contributed by atoms with Gasteiger partial charge in [0.25, 0.3) is 21.2 Å². The fourth-order valence-corrected chi connectivity index (χ4v) is 5.48. The number of nitrogens with one attached hydrogen (secondary N) is 1. The molecule has 21 heteroatoms. The Bertz CT molecular complexity index is 1130. The Balaban J connectivity index is 1.61. The fraction of sp³-hybridized carbons (Fsp3) is 0.733. The van der Waals surface area contributed by atoms with Crippen molar-refractivity contribution < 1.29 is 67.3 Å². The lowest BCUT2D eigenvalue weighted by atomic mass is 9.98. The highest BCUT2D eigenvalue weighted by molar-refractivity contribution is 7.59. The summed E-state index contributed by atoms with van der Waals surface area (Å²) in [6.07, 6.45) is -12.9. The topological polar surface area (TPSA) is 308 Å². The largest absolute Gasteiger partial charge is 0.756 e. The van der Waals surface area contributed by atoms with Gasteiger partial charge in [-0.3, -0.25) is 28.0 Å². The van der Waals surface area contributed by atoms with Gasteiger partial charge in [-0.1, -0.05) is 0 Å². The highest BCUT2D eigenvalue weighted by atomic mass is 31.3. The van der Waals surface area contributed by atoms with Crippen LogP contribution in [0.5, 0.6) is 0 Å². The zero-order chi connectivity index (χ0) is 27.0. The maximum absolute atomic E-state index is 12.1. The first-order valence-corrected chi connectivity index (χ1v) is 13.0. The summed E-state index contributed by atoms with van der Waals surface area (Å²) in [6.45, 7) is -1.97. The van der Waals surface area contributed by atoms with Crippen molar-refractivity contribution in [2.75, 3.05) is 13.2 Å². The van der Waals surface area contributed by atoms with Crippen LogP contribution in [0.4, 0.5) is 0 Å². The number of rotatable bonds is 9. The molecule has 2 aliphatic rings. The van der Waals surface area contributed by atoms with E-state index in [0.717, 1.165) is 12.3 Å². The quantitative estimate of drug-likeness (QED) is 0.137. The molecule has 206 valence electrons. The number of hydrogen-bond acceptors (Lipinski definition) is 17. The number of H-pyrrole nitrogens is 1. The van der Waals surface area contributed by atoms with Crippen molar-refractivity contribution >= 4 is 15.6 Å². The highest BCUT2D eigenvalue weighted by Gasteiger charge is 2.46. The molecule has 0 spiro atoms. The lowest BCUT2D eigenvalue weighted by Gasteiger charge is -2.42. The zero-order valence-corrected chi connectivity index (χ0v) is 19.7. The van der Waals surface area contributed by atoms with Gasteiger partial charge < -0.3 is 55.1 Å². The van der Waals surface area contributed by atoms with E-state index in [0.29, 0.717) is 4.57 Å². The Morgan fingerprint density at radius 2 is 1.67 bits per heavy atom. The van der Waals surface area contributed by atoms with E-state index >= 15 is 0 Å². The van der Waals surface area contributed by atoms with E-state index in [1.54, 1.807) is 0 Å². The molecule has 0 aromatic carbocycles. The summed E-state index contributed by atoms with van der Waals surface area (Å²) >= 11 is 0. The highest BCUT2D eigenvalue weighted by Crippen LogP contribution is 2.56. The second-order valence-corrected chi connectivity index (χ2v) is 10.6. The Morgan fingerprint density at radius 3 is 2.28 bits per heavy atom. The van der Waals surface area contributed by atoms with Crippen LogP contribution >= 0.6 is 15.6 Å². The molecule has 6 unspecified atom stereocenters. The lowest BCUT2D eigenvalue weighted by Crippen LogP contribution is -2.62. The summed E-state index contributed by atoms with van der Waals surface area (Å²) < 4.78 is 47.6. The summed E-state index contributed by atoms with van der Waals surface area (Å²) in [4.78, 5) is 49.0. The van der Waals surface area contributed by atoms with Crippen LogP contribution in [-0.2, 0) is 32.0 Å². The van der Waals surface area contributed by atoms with Crippen molar-refractivity contribution in [3.8, 4) is 0 Å². The van der Waals surface area contributed by atoms with Gasteiger partial charge in [0.1, 0.15) is 36.6 Å². The Morgan fingerprint density at radius 1 is 1.03 bits per heavy atom. The van der Waals surface area contributed by atoms with Crippen molar-refractivity contribution in [3.05, 3.63) is 33.1 Å². The number of aromatic amines is 1. The monoisotopic (exact) mass is 563 g/mol. The first kappa shape index (κ1) is 29.2. The zero-order valence-electron chi connectivity index (χ0n) is 17.9. The van der Waals surface area contributed by atoms with Crippen LogP contribution in [0.2, 0.25) is 0 Å². The molecule has 19 nitrogen and oxygen atoms in total. The number of hydrogen-bond donors (Lipinski definition) is 7. The molecule has 3 heterocycles. The third-order valence-corrected chi connectivity index (χ3v) is 7.75. The SMILES string of the molecule is NC1[C@@H](OP(=O)([O-])OP(=O)([O-])OCC2OC(n3ccc(=O)[nH]c3=O)[C@H](O)[C@@H]2O)OC(CO)[C@H](O)[C@@H]1O. The second-order valence-electron chi connectivity index (χ2n) is 7.72. The standard InChI is InChI=1S/C15H25N3O16P2/c16-8-11(23)9(21)5(3-19)32-14(8)33-36(28,29)34-35(26,27)30-4-6-10(22)12(24)13(31-6)18-2-1-7(20)17-15(18)25/h1-2,5-6,8-14,19,21-24H,3-4,16H2,(H,26,27)(H,28,29)(H,17,20,25)/p-2/t5?,6?,8?,9-,10+,11+,12+,13?,14+/m0/s1. The molecule has 3 rings (SSSR count). The van der Waals surface area contributed by atoms with E-state index in [1.165, 1.54) is 0 Å². The van der Waals surface area contributed by atoms with Gasteiger partial charge in [0.15, 0.2) is 12.5 Å². The third kappa shape index (κ3) is 6.54. The second kappa shape index (κ2) is 11.2. The number of aliphatic hydroxyl groups is 5. The van der Waals surface area contributed by atoms with Gasteiger partial charge >= 0.3 is 5.69 Å². The van der Waals surface area contributed by atoms with Crippen molar-refractivity contribution in [1.29, 1.82) is 0 Å². The molecule has 0 saturated carbocycles. The van der Waals surface area contributed by atoms with Gasteiger partial charge in [-0.2, -0.15) is 0 Å².